The molecule has 3 rings (SSSR count). The van der Waals surface area contributed by atoms with Crippen LogP contribution >= 0.6 is 23.2 Å². The maximum Gasteiger partial charge on any atom is 0.191 e. The van der Waals surface area contributed by atoms with Gasteiger partial charge in [0.2, 0.25) is 0 Å². The number of hydrogen-bond acceptors (Lipinski definition) is 2. The van der Waals surface area contributed by atoms with Crippen LogP contribution in [0.25, 0.3) is 0 Å². The average molecular weight is 433 g/mol. The van der Waals surface area contributed by atoms with Gasteiger partial charge in [-0.25, -0.2) is 0 Å². The number of halogens is 2. The first kappa shape index (κ1) is 21.9. The molecule has 4 nitrogen and oxygen atoms in total. The standard InChI is InChI=1S/C23H30Cl2N4/c1-3-4-11-27-23(26)29-14-12-28(13-15-29)22(18-7-5-17(2)6-8-18)20-10-9-19(24)16-21(20)25/h5-10,16,22H,3-4,11-15H2,1-2H3,(H2,26,27). The highest BCUT2D eigenvalue weighted by atomic mass is 35.5. The molecule has 0 aromatic heterocycles. The minimum atomic E-state index is 0.0840. The molecule has 6 heteroatoms. The van der Waals surface area contributed by atoms with E-state index in [2.05, 4.69) is 52.9 Å². The monoisotopic (exact) mass is 432 g/mol. The van der Waals surface area contributed by atoms with E-state index in [0.29, 0.717) is 16.0 Å². The van der Waals surface area contributed by atoms with Gasteiger partial charge in [0.15, 0.2) is 5.96 Å². The summed E-state index contributed by atoms with van der Waals surface area (Å²) in [5.41, 5.74) is 9.77. The van der Waals surface area contributed by atoms with E-state index in [1.807, 2.05) is 18.2 Å². The molecule has 2 aromatic carbocycles. The van der Waals surface area contributed by atoms with E-state index in [0.717, 1.165) is 51.1 Å². The quantitative estimate of drug-likeness (QED) is 0.391. The number of nitrogens with zero attached hydrogens (tertiary/aromatic N) is 3. The molecule has 0 bridgehead atoms. The fourth-order valence-electron chi connectivity index (χ4n) is 3.72. The van der Waals surface area contributed by atoms with Gasteiger partial charge in [0, 0.05) is 42.8 Å². The Morgan fingerprint density at radius 3 is 2.38 bits per heavy atom. The van der Waals surface area contributed by atoms with Gasteiger partial charge in [-0.2, -0.15) is 0 Å². The third-order valence-corrected chi connectivity index (χ3v) is 6.00. The van der Waals surface area contributed by atoms with Crippen LogP contribution in [0.3, 0.4) is 0 Å². The van der Waals surface area contributed by atoms with Crippen LogP contribution in [0.4, 0.5) is 0 Å². The number of aliphatic imine (C=N–C) groups is 1. The van der Waals surface area contributed by atoms with Crippen molar-refractivity contribution >= 4 is 29.2 Å². The van der Waals surface area contributed by atoms with Gasteiger partial charge in [0.1, 0.15) is 0 Å². The second-order valence-electron chi connectivity index (χ2n) is 7.60. The Balaban J connectivity index is 1.81. The number of benzene rings is 2. The molecule has 2 N–H and O–H groups in total. The number of guanidine groups is 1. The number of nitrogens with two attached hydrogens (primary N) is 1. The molecule has 1 aliphatic rings. The third-order valence-electron chi connectivity index (χ3n) is 5.44. The van der Waals surface area contributed by atoms with Gasteiger partial charge < -0.3 is 10.6 Å². The van der Waals surface area contributed by atoms with Crippen LogP contribution in [0.15, 0.2) is 47.5 Å². The van der Waals surface area contributed by atoms with Gasteiger partial charge in [-0.15, -0.1) is 0 Å². The summed E-state index contributed by atoms with van der Waals surface area (Å²) in [5, 5.41) is 1.36. The Kier molecular flexibility index (Phi) is 7.82. The first-order chi connectivity index (χ1) is 14.0. The van der Waals surface area contributed by atoms with E-state index in [1.165, 1.54) is 11.1 Å². The van der Waals surface area contributed by atoms with Crippen LogP contribution in [0, 0.1) is 6.92 Å². The highest BCUT2D eigenvalue weighted by molar-refractivity contribution is 6.35. The van der Waals surface area contributed by atoms with Crippen molar-refractivity contribution in [3.63, 3.8) is 0 Å². The molecule has 0 saturated carbocycles. The number of hydrogen-bond donors (Lipinski definition) is 1. The Morgan fingerprint density at radius 1 is 1.07 bits per heavy atom. The zero-order valence-electron chi connectivity index (χ0n) is 17.2. The van der Waals surface area contributed by atoms with E-state index < -0.39 is 0 Å². The molecular formula is C23H30Cl2N4. The van der Waals surface area contributed by atoms with Gasteiger partial charge in [0.05, 0.1) is 6.04 Å². The Bertz CT molecular complexity index is 827. The predicted molar refractivity (Wildman–Crippen MR) is 124 cm³/mol. The lowest BCUT2D eigenvalue weighted by molar-refractivity contribution is 0.149. The molecule has 0 spiro atoms. The minimum absolute atomic E-state index is 0.0840. The SMILES string of the molecule is CCCCN=C(N)N1CCN(C(c2ccc(C)cc2)c2ccc(Cl)cc2Cl)CC1. The maximum absolute atomic E-state index is 6.61. The first-order valence-electron chi connectivity index (χ1n) is 10.3. The molecule has 156 valence electrons. The average Bonchev–Trinajstić information content (AvgIpc) is 2.72. The molecule has 1 fully saturated rings. The molecule has 0 radical (unpaired) electrons. The van der Waals surface area contributed by atoms with Crippen LogP contribution in [0.5, 0.6) is 0 Å². The molecule has 1 atom stereocenters. The summed E-state index contributed by atoms with van der Waals surface area (Å²) in [6, 6.07) is 14.6. The smallest absolute Gasteiger partial charge is 0.191 e. The van der Waals surface area contributed by atoms with E-state index in [9.17, 15) is 0 Å². The van der Waals surface area contributed by atoms with E-state index in [4.69, 9.17) is 28.9 Å². The van der Waals surface area contributed by atoms with Crippen molar-refractivity contribution in [2.24, 2.45) is 10.7 Å². The van der Waals surface area contributed by atoms with Crippen LogP contribution in [0.1, 0.15) is 42.5 Å². The summed E-state index contributed by atoms with van der Waals surface area (Å²) in [7, 11) is 0. The fraction of sp³-hybridized carbons (Fsp3) is 0.435. The number of rotatable bonds is 6. The second-order valence-corrected chi connectivity index (χ2v) is 8.44. The lowest BCUT2D eigenvalue weighted by Crippen LogP contribution is -2.52. The number of piperazine rings is 1. The molecule has 2 aromatic rings. The summed E-state index contributed by atoms with van der Waals surface area (Å²) in [5.74, 6) is 0.662. The van der Waals surface area contributed by atoms with E-state index in [1.54, 1.807) is 0 Å². The molecule has 0 aliphatic carbocycles. The second kappa shape index (κ2) is 10.3. The zero-order chi connectivity index (χ0) is 20.8. The van der Waals surface area contributed by atoms with Crippen LogP contribution in [-0.4, -0.2) is 48.5 Å². The molecule has 1 saturated heterocycles. The first-order valence-corrected chi connectivity index (χ1v) is 11.1. The van der Waals surface area contributed by atoms with Crippen molar-refractivity contribution in [3.05, 3.63) is 69.2 Å². The van der Waals surface area contributed by atoms with Gasteiger partial charge >= 0.3 is 0 Å². The van der Waals surface area contributed by atoms with Crippen molar-refractivity contribution in [1.29, 1.82) is 0 Å². The van der Waals surface area contributed by atoms with Gasteiger partial charge in [0.25, 0.3) is 0 Å². The van der Waals surface area contributed by atoms with Gasteiger partial charge in [-0.1, -0.05) is 72.4 Å². The lowest BCUT2D eigenvalue weighted by Gasteiger charge is -2.40. The molecule has 29 heavy (non-hydrogen) atoms. The van der Waals surface area contributed by atoms with Crippen molar-refractivity contribution in [3.8, 4) is 0 Å². The zero-order valence-corrected chi connectivity index (χ0v) is 18.8. The summed E-state index contributed by atoms with van der Waals surface area (Å²) in [6.45, 7) is 8.56. The minimum Gasteiger partial charge on any atom is -0.370 e. The van der Waals surface area contributed by atoms with Crippen molar-refractivity contribution in [2.45, 2.75) is 32.7 Å². The van der Waals surface area contributed by atoms with Crippen molar-refractivity contribution in [1.82, 2.24) is 9.80 Å². The van der Waals surface area contributed by atoms with Crippen LogP contribution < -0.4 is 5.73 Å². The molecule has 1 unspecified atom stereocenters. The van der Waals surface area contributed by atoms with Gasteiger partial charge in [-0.3, -0.25) is 9.89 Å². The Morgan fingerprint density at radius 2 is 1.76 bits per heavy atom. The summed E-state index contributed by atoms with van der Waals surface area (Å²) >= 11 is 12.8. The normalized spacial score (nSPS) is 16.8. The summed E-state index contributed by atoms with van der Waals surface area (Å²) in [4.78, 5) is 9.17. The Labute approximate surface area is 184 Å². The fourth-order valence-corrected chi connectivity index (χ4v) is 4.23. The molecular weight excluding hydrogens is 403 g/mol. The van der Waals surface area contributed by atoms with Crippen molar-refractivity contribution in [2.75, 3.05) is 32.7 Å². The van der Waals surface area contributed by atoms with Crippen LogP contribution in [0.2, 0.25) is 10.0 Å². The molecule has 1 aliphatic heterocycles. The molecule has 0 amide bonds. The topological polar surface area (TPSA) is 44.9 Å². The third kappa shape index (κ3) is 5.65. The number of unbranched alkanes of at least 4 members (excludes halogenated alkanes) is 1. The van der Waals surface area contributed by atoms with E-state index in [-0.39, 0.29) is 6.04 Å². The van der Waals surface area contributed by atoms with Crippen LogP contribution in [-0.2, 0) is 0 Å². The largest absolute Gasteiger partial charge is 0.370 e. The lowest BCUT2D eigenvalue weighted by atomic mass is 9.95. The van der Waals surface area contributed by atoms with Crippen molar-refractivity contribution < 1.29 is 0 Å². The maximum atomic E-state index is 6.61. The highest BCUT2D eigenvalue weighted by Crippen LogP contribution is 2.35. The Hall–Kier alpha value is -1.75. The highest BCUT2D eigenvalue weighted by Gasteiger charge is 2.28. The summed E-state index contributed by atoms with van der Waals surface area (Å²) in [6.07, 6.45) is 2.20. The molecule has 1 heterocycles. The van der Waals surface area contributed by atoms with Gasteiger partial charge in [-0.05, 0) is 36.6 Å². The summed E-state index contributed by atoms with van der Waals surface area (Å²) < 4.78 is 0. The predicted octanol–water partition coefficient (Wildman–Crippen LogP) is 5.12. The number of aryl methyl sites for hydroxylation is 1. The van der Waals surface area contributed by atoms with E-state index >= 15 is 0 Å².